The second kappa shape index (κ2) is 9.33. The fourth-order valence-electron chi connectivity index (χ4n) is 4.43. The Labute approximate surface area is 214 Å². The molecule has 0 saturated carbocycles. The standard InChI is InChI=1S/C27H22F3N5O3/c1-15(17-5-7-18(8-6-17)26(37)38)32-25(36)21-11-19-14-34(2)33-23(19)22-12-31-35(24(21)22)13-16-3-9-20(10-4-16)27(28,29)30/h3-12,14-15H,13H2,1-2H3,(H,32,36)(H,37,38)/t15-/m0/s1. The predicted octanol–water partition coefficient (Wildman–Crippen LogP) is 5.18. The molecule has 1 amide bonds. The van der Waals surface area contributed by atoms with E-state index in [1.807, 2.05) is 0 Å². The Morgan fingerprint density at radius 2 is 1.76 bits per heavy atom. The Balaban J connectivity index is 1.51. The zero-order chi connectivity index (χ0) is 27.2. The lowest BCUT2D eigenvalue weighted by Gasteiger charge is -2.16. The Morgan fingerprint density at radius 1 is 1.08 bits per heavy atom. The number of halogens is 3. The van der Waals surface area contributed by atoms with Gasteiger partial charge < -0.3 is 10.4 Å². The number of nitrogens with zero attached hydrogens (tertiary/aromatic N) is 4. The smallest absolute Gasteiger partial charge is 0.416 e. The topological polar surface area (TPSA) is 102 Å². The van der Waals surface area contributed by atoms with E-state index in [1.165, 1.54) is 24.3 Å². The van der Waals surface area contributed by atoms with E-state index < -0.39 is 23.8 Å². The van der Waals surface area contributed by atoms with E-state index in [4.69, 9.17) is 5.11 Å². The molecule has 0 spiro atoms. The van der Waals surface area contributed by atoms with Crippen molar-refractivity contribution in [3.63, 3.8) is 0 Å². The molecule has 0 radical (unpaired) electrons. The molecule has 11 heteroatoms. The number of nitrogens with one attached hydrogen (secondary N) is 1. The molecule has 5 aromatic rings. The number of aromatic nitrogens is 4. The third kappa shape index (κ3) is 4.70. The number of hydrogen-bond donors (Lipinski definition) is 2. The number of alkyl halides is 3. The molecular weight excluding hydrogens is 499 g/mol. The van der Waals surface area contributed by atoms with Crippen molar-refractivity contribution in [2.45, 2.75) is 25.7 Å². The van der Waals surface area contributed by atoms with Crippen LogP contribution in [0.15, 0.2) is 67.0 Å². The highest BCUT2D eigenvalue weighted by atomic mass is 19.4. The van der Waals surface area contributed by atoms with E-state index in [9.17, 15) is 22.8 Å². The lowest BCUT2D eigenvalue weighted by molar-refractivity contribution is -0.137. The minimum absolute atomic E-state index is 0.142. The van der Waals surface area contributed by atoms with Crippen molar-refractivity contribution in [2.75, 3.05) is 0 Å². The Morgan fingerprint density at radius 3 is 2.39 bits per heavy atom. The summed E-state index contributed by atoms with van der Waals surface area (Å²) in [6.07, 6.45) is -1.05. The molecule has 38 heavy (non-hydrogen) atoms. The average Bonchev–Trinajstić information content (AvgIpc) is 3.46. The van der Waals surface area contributed by atoms with Crippen molar-refractivity contribution in [1.82, 2.24) is 24.9 Å². The molecule has 0 aliphatic carbocycles. The van der Waals surface area contributed by atoms with Crippen molar-refractivity contribution in [3.8, 4) is 0 Å². The molecule has 1 atom stereocenters. The summed E-state index contributed by atoms with van der Waals surface area (Å²) in [6, 6.07) is 12.3. The molecule has 2 N–H and O–H groups in total. The van der Waals surface area contributed by atoms with Gasteiger partial charge in [-0.1, -0.05) is 24.3 Å². The number of aromatic carboxylic acids is 1. The summed E-state index contributed by atoms with van der Waals surface area (Å²) < 4.78 is 42.2. The van der Waals surface area contributed by atoms with Gasteiger partial charge in [-0.15, -0.1) is 0 Å². The highest BCUT2D eigenvalue weighted by Crippen LogP contribution is 2.31. The van der Waals surface area contributed by atoms with E-state index in [1.54, 1.807) is 53.9 Å². The number of rotatable bonds is 6. The van der Waals surface area contributed by atoms with Crippen LogP contribution in [0, 0.1) is 0 Å². The molecular formula is C27H22F3N5O3. The van der Waals surface area contributed by atoms with Gasteiger partial charge in [-0.25, -0.2) is 4.79 Å². The normalized spacial score (nSPS) is 12.7. The number of amides is 1. The van der Waals surface area contributed by atoms with Crippen LogP contribution in [-0.2, 0) is 19.8 Å². The number of fused-ring (bicyclic) bond motifs is 3. The molecule has 2 heterocycles. The highest BCUT2D eigenvalue weighted by Gasteiger charge is 2.30. The molecule has 0 aliphatic heterocycles. The van der Waals surface area contributed by atoms with Gasteiger partial charge >= 0.3 is 12.1 Å². The zero-order valence-electron chi connectivity index (χ0n) is 20.3. The number of aryl methyl sites for hydroxylation is 1. The summed E-state index contributed by atoms with van der Waals surface area (Å²) in [4.78, 5) is 24.7. The first-order valence-electron chi connectivity index (χ1n) is 11.6. The minimum atomic E-state index is -4.43. The van der Waals surface area contributed by atoms with Gasteiger partial charge in [0.05, 0.1) is 41.0 Å². The third-order valence-corrected chi connectivity index (χ3v) is 6.37. The summed E-state index contributed by atoms with van der Waals surface area (Å²) in [6.45, 7) is 1.93. The highest BCUT2D eigenvalue weighted by molar-refractivity contribution is 6.14. The minimum Gasteiger partial charge on any atom is -0.478 e. The van der Waals surface area contributed by atoms with Gasteiger partial charge in [-0.2, -0.15) is 23.4 Å². The molecule has 0 fully saturated rings. The largest absolute Gasteiger partial charge is 0.478 e. The van der Waals surface area contributed by atoms with Crippen LogP contribution in [0.2, 0.25) is 0 Å². The summed E-state index contributed by atoms with van der Waals surface area (Å²) in [7, 11) is 1.76. The lowest BCUT2D eigenvalue weighted by Crippen LogP contribution is -2.27. The van der Waals surface area contributed by atoms with Crippen LogP contribution in [0.25, 0.3) is 21.8 Å². The third-order valence-electron chi connectivity index (χ3n) is 6.37. The molecule has 0 aliphatic rings. The first-order chi connectivity index (χ1) is 18.0. The fraction of sp³-hybridized carbons (Fsp3) is 0.185. The van der Waals surface area contributed by atoms with Crippen LogP contribution in [0.5, 0.6) is 0 Å². The van der Waals surface area contributed by atoms with Gasteiger partial charge in [0.2, 0.25) is 0 Å². The van der Waals surface area contributed by atoms with Crippen LogP contribution in [0.4, 0.5) is 13.2 Å². The Hall–Kier alpha value is -4.67. The number of carbonyl (C=O) groups is 2. The summed E-state index contributed by atoms with van der Waals surface area (Å²) in [5.74, 6) is -1.42. The van der Waals surface area contributed by atoms with Crippen molar-refractivity contribution >= 4 is 33.7 Å². The Bertz CT molecular complexity index is 1670. The number of carboxylic acids is 1. The van der Waals surface area contributed by atoms with Crippen molar-refractivity contribution < 1.29 is 27.9 Å². The molecule has 8 nitrogen and oxygen atoms in total. The van der Waals surface area contributed by atoms with E-state index in [0.29, 0.717) is 27.5 Å². The molecule has 0 saturated heterocycles. The summed E-state index contributed by atoms with van der Waals surface area (Å²) >= 11 is 0. The summed E-state index contributed by atoms with van der Waals surface area (Å²) in [5.41, 5.74) is 2.19. The van der Waals surface area contributed by atoms with E-state index in [-0.39, 0.29) is 18.0 Å². The quantitative estimate of drug-likeness (QED) is 0.321. The number of hydrogen-bond acceptors (Lipinski definition) is 4. The van der Waals surface area contributed by atoms with E-state index >= 15 is 0 Å². The van der Waals surface area contributed by atoms with E-state index in [2.05, 4.69) is 15.5 Å². The maximum atomic E-state index is 13.5. The fourth-order valence-corrected chi connectivity index (χ4v) is 4.43. The first-order valence-corrected chi connectivity index (χ1v) is 11.6. The molecule has 5 rings (SSSR count). The summed E-state index contributed by atoms with van der Waals surface area (Å²) in [5, 5.41) is 22.4. The zero-order valence-corrected chi connectivity index (χ0v) is 20.3. The molecule has 3 aromatic carbocycles. The monoisotopic (exact) mass is 521 g/mol. The maximum Gasteiger partial charge on any atom is 0.416 e. The van der Waals surface area contributed by atoms with Crippen molar-refractivity contribution in [2.24, 2.45) is 7.05 Å². The molecule has 0 bridgehead atoms. The van der Waals surface area contributed by atoms with Crippen LogP contribution in [0.1, 0.15) is 50.4 Å². The second-order valence-corrected chi connectivity index (χ2v) is 9.05. The molecule has 0 unspecified atom stereocenters. The van der Waals surface area contributed by atoms with Gasteiger partial charge in [-0.3, -0.25) is 14.2 Å². The van der Waals surface area contributed by atoms with Gasteiger partial charge in [0, 0.05) is 24.0 Å². The first kappa shape index (κ1) is 25.0. The average molecular weight is 521 g/mol. The van der Waals surface area contributed by atoms with Crippen molar-refractivity contribution in [3.05, 3.63) is 94.8 Å². The van der Waals surface area contributed by atoms with Crippen LogP contribution in [0.3, 0.4) is 0 Å². The predicted molar refractivity (Wildman–Crippen MR) is 134 cm³/mol. The number of carboxylic acid groups (broad SMARTS) is 1. The van der Waals surface area contributed by atoms with Gasteiger partial charge in [0.25, 0.3) is 5.91 Å². The van der Waals surface area contributed by atoms with Crippen LogP contribution >= 0.6 is 0 Å². The van der Waals surface area contributed by atoms with Crippen molar-refractivity contribution in [1.29, 1.82) is 0 Å². The van der Waals surface area contributed by atoms with Gasteiger partial charge in [0.1, 0.15) is 5.52 Å². The molecule has 2 aromatic heterocycles. The lowest BCUT2D eigenvalue weighted by atomic mass is 10.0. The maximum absolute atomic E-state index is 13.5. The van der Waals surface area contributed by atoms with E-state index in [0.717, 1.165) is 23.1 Å². The van der Waals surface area contributed by atoms with Crippen LogP contribution < -0.4 is 5.32 Å². The number of carbonyl (C=O) groups excluding carboxylic acids is 1. The Kier molecular flexibility index (Phi) is 6.14. The number of benzene rings is 3. The van der Waals surface area contributed by atoms with Gasteiger partial charge in [-0.05, 0) is 48.4 Å². The molecule has 194 valence electrons. The van der Waals surface area contributed by atoms with Gasteiger partial charge in [0.15, 0.2) is 0 Å². The second-order valence-electron chi connectivity index (χ2n) is 9.05. The van der Waals surface area contributed by atoms with Crippen LogP contribution in [-0.4, -0.2) is 36.5 Å². The SMILES string of the molecule is C[C@H](NC(=O)c1cc2cn(C)nc2c2cnn(Cc3ccc(C(F)(F)F)cc3)c12)c1ccc(C(=O)O)cc1.